The Kier molecular flexibility index (Phi) is 7.06. The van der Waals surface area contributed by atoms with Crippen molar-refractivity contribution in [1.29, 1.82) is 0 Å². The highest BCUT2D eigenvalue weighted by Crippen LogP contribution is 2.51. The highest BCUT2D eigenvalue weighted by atomic mass is 32.1. The minimum Gasteiger partial charge on any atom is -0.308 e. The van der Waals surface area contributed by atoms with E-state index in [2.05, 4.69) is 179 Å². The molecule has 0 aliphatic carbocycles. The van der Waals surface area contributed by atoms with Gasteiger partial charge in [0.2, 0.25) is 0 Å². The van der Waals surface area contributed by atoms with Crippen molar-refractivity contribution in [1.82, 2.24) is 19.1 Å². The molecule has 4 aromatic heterocycles. The number of benzene rings is 8. The second kappa shape index (κ2) is 12.6. The molecule has 0 aliphatic rings. The molecule has 8 aromatic carbocycles. The molecule has 5 heteroatoms. The molecule has 0 spiro atoms. The predicted molar refractivity (Wildman–Crippen MR) is 240 cm³/mol. The Labute approximate surface area is 332 Å². The second-order valence-electron chi connectivity index (χ2n) is 14.5. The van der Waals surface area contributed by atoms with E-state index in [4.69, 9.17) is 9.97 Å². The van der Waals surface area contributed by atoms with Crippen LogP contribution < -0.4 is 0 Å². The third kappa shape index (κ3) is 4.86. The summed E-state index contributed by atoms with van der Waals surface area (Å²) in [5, 5.41) is 7.60. The average molecular weight is 745 g/mol. The Bertz CT molecular complexity index is 3450. The van der Waals surface area contributed by atoms with Crippen LogP contribution >= 0.6 is 11.3 Å². The maximum absolute atomic E-state index is 5.22. The van der Waals surface area contributed by atoms with Crippen molar-refractivity contribution < 1.29 is 0 Å². The van der Waals surface area contributed by atoms with Gasteiger partial charge < -0.3 is 9.13 Å². The molecule has 0 amide bonds. The van der Waals surface area contributed by atoms with Gasteiger partial charge in [0.25, 0.3) is 0 Å². The molecule has 12 rings (SSSR count). The lowest BCUT2D eigenvalue weighted by molar-refractivity contribution is 1.17. The number of hydrogen-bond donors (Lipinski definition) is 0. The fourth-order valence-electron chi connectivity index (χ4n) is 8.87. The number of nitrogens with zero attached hydrogens (tertiary/aromatic N) is 4. The summed E-state index contributed by atoms with van der Waals surface area (Å²) in [6, 6.07) is 69.2. The Hall–Kier alpha value is -7.34. The zero-order valence-corrected chi connectivity index (χ0v) is 31.5. The van der Waals surface area contributed by atoms with Gasteiger partial charge in [-0.1, -0.05) is 146 Å². The molecule has 266 valence electrons. The molecule has 0 atom stereocenters. The van der Waals surface area contributed by atoms with Crippen LogP contribution in [0.1, 0.15) is 0 Å². The number of rotatable bonds is 5. The Morgan fingerprint density at radius 2 is 0.860 bits per heavy atom. The van der Waals surface area contributed by atoms with Gasteiger partial charge in [-0.2, -0.15) is 0 Å². The molecule has 0 saturated heterocycles. The van der Waals surface area contributed by atoms with Gasteiger partial charge in [-0.15, -0.1) is 11.3 Å². The van der Waals surface area contributed by atoms with Crippen molar-refractivity contribution in [3.63, 3.8) is 0 Å². The highest BCUT2D eigenvalue weighted by Gasteiger charge is 2.26. The van der Waals surface area contributed by atoms with Gasteiger partial charge in [-0.25, -0.2) is 9.97 Å². The first-order chi connectivity index (χ1) is 28.3. The van der Waals surface area contributed by atoms with Crippen LogP contribution in [0.15, 0.2) is 194 Å². The van der Waals surface area contributed by atoms with Crippen LogP contribution in [0.5, 0.6) is 0 Å². The molecule has 0 saturated carbocycles. The van der Waals surface area contributed by atoms with E-state index < -0.39 is 0 Å². The van der Waals surface area contributed by atoms with Crippen LogP contribution in [0.3, 0.4) is 0 Å². The van der Waals surface area contributed by atoms with Crippen LogP contribution in [0.4, 0.5) is 0 Å². The number of hydrogen-bond acceptors (Lipinski definition) is 3. The van der Waals surface area contributed by atoms with E-state index >= 15 is 0 Å². The van der Waals surface area contributed by atoms with Crippen molar-refractivity contribution in [2.45, 2.75) is 0 Å². The Morgan fingerprint density at radius 1 is 0.368 bits per heavy atom. The number of thiophene rings is 1. The summed E-state index contributed by atoms with van der Waals surface area (Å²) in [6.07, 6.45) is 0. The number of aromatic nitrogens is 4. The SMILES string of the molecule is c1ccc(-c2cc(-c3cccc(-n4c5ccccc5c5c6sc7ccccc7c6c6c(c7ccccc7n6-c6ccccc6)c54)c3)nc(-c3ccccc3)n2)cc1. The lowest BCUT2D eigenvalue weighted by Gasteiger charge is -2.13. The van der Waals surface area contributed by atoms with Crippen molar-refractivity contribution in [2.75, 3.05) is 0 Å². The molecule has 4 nitrogen and oxygen atoms in total. The van der Waals surface area contributed by atoms with Gasteiger partial charge in [0.15, 0.2) is 5.82 Å². The standard InChI is InChI=1S/C52H32N4S/c1-4-17-33(18-5-1)41-32-42(54-52(53-41)34-19-6-2-7-20-34)35-21-16-24-37(31-35)56-44-29-14-11-26-39(44)47-49(56)46-38-25-10-13-28-43(38)55(36-22-8-3-9-23-36)50(46)48-40-27-12-15-30-45(40)57-51(47)48/h1-32H. The lowest BCUT2D eigenvalue weighted by Crippen LogP contribution is -1.98. The summed E-state index contributed by atoms with van der Waals surface area (Å²) in [7, 11) is 0. The van der Waals surface area contributed by atoms with E-state index in [9.17, 15) is 0 Å². The molecule has 12 aromatic rings. The first-order valence-electron chi connectivity index (χ1n) is 19.3. The summed E-state index contributed by atoms with van der Waals surface area (Å²) in [6.45, 7) is 0. The smallest absolute Gasteiger partial charge is 0.160 e. The van der Waals surface area contributed by atoms with E-state index in [1.54, 1.807) is 0 Å². The summed E-state index contributed by atoms with van der Waals surface area (Å²) in [5.41, 5.74) is 11.9. The fourth-order valence-corrected chi connectivity index (χ4v) is 10.1. The predicted octanol–water partition coefficient (Wildman–Crippen LogP) is 14.0. The molecular formula is C52H32N4S. The van der Waals surface area contributed by atoms with E-state index in [1.807, 2.05) is 35.6 Å². The van der Waals surface area contributed by atoms with Crippen LogP contribution in [-0.2, 0) is 0 Å². The van der Waals surface area contributed by atoms with Crippen molar-refractivity contribution >= 4 is 75.1 Å². The van der Waals surface area contributed by atoms with Crippen molar-refractivity contribution in [3.05, 3.63) is 194 Å². The van der Waals surface area contributed by atoms with Gasteiger partial charge in [0.1, 0.15) is 0 Å². The molecular weight excluding hydrogens is 713 g/mol. The van der Waals surface area contributed by atoms with E-state index in [0.717, 1.165) is 39.5 Å². The lowest BCUT2D eigenvalue weighted by atomic mass is 10.0. The Morgan fingerprint density at radius 3 is 1.56 bits per heavy atom. The Balaban J connectivity index is 1.21. The number of fused-ring (bicyclic) bond motifs is 12. The second-order valence-corrected chi connectivity index (χ2v) is 15.6. The molecule has 0 fully saturated rings. The molecule has 0 radical (unpaired) electrons. The van der Waals surface area contributed by atoms with E-state index in [1.165, 1.54) is 63.8 Å². The summed E-state index contributed by atoms with van der Waals surface area (Å²) in [4.78, 5) is 10.3. The van der Waals surface area contributed by atoms with E-state index in [-0.39, 0.29) is 0 Å². The maximum Gasteiger partial charge on any atom is 0.160 e. The fraction of sp³-hybridized carbons (Fsp3) is 0. The van der Waals surface area contributed by atoms with Crippen LogP contribution in [0.2, 0.25) is 0 Å². The minimum atomic E-state index is 0.705. The van der Waals surface area contributed by atoms with Gasteiger partial charge in [-0.3, -0.25) is 0 Å². The zero-order chi connectivity index (χ0) is 37.5. The maximum atomic E-state index is 5.22. The largest absolute Gasteiger partial charge is 0.308 e. The number of para-hydroxylation sites is 3. The molecule has 0 unspecified atom stereocenters. The molecule has 57 heavy (non-hydrogen) atoms. The quantitative estimate of drug-likeness (QED) is 0.176. The molecule has 4 heterocycles. The third-order valence-electron chi connectivity index (χ3n) is 11.3. The van der Waals surface area contributed by atoms with Crippen LogP contribution in [0.25, 0.3) is 109 Å². The van der Waals surface area contributed by atoms with Crippen molar-refractivity contribution in [2.24, 2.45) is 0 Å². The first-order valence-corrected chi connectivity index (χ1v) is 20.1. The molecule has 0 N–H and O–H groups in total. The van der Waals surface area contributed by atoms with E-state index in [0.29, 0.717) is 5.82 Å². The summed E-state index contributed by atoms with van der Waals surface area (Å²) in [5.74, 6) is 0.705. The first kappa shape index (κ1) is 32.0. The van der Waals surface area contributed by atoms with Gasteiger partial charge in [-0.05, 0) is 48.5 Å². The van der Waals surface area contributed by atoms with Crippen LogP contribution in [-0.4, -0.2) is 19.1 Å². The van der Waals surface area contributed by atoms with Crippen LogP contribution in [0, 0.1) is 0 Å². The summed E-state index contributed by atoms with van der Waals surface area (Å²) < 4.78 is 7.58. The third-order valence-corrected chi connectivity index (χ3v) is 12.5. The monoisotopic (exact) mass is 744 g/mol. The van der Waals surface area contributed by atoms with Gasteiger partial charge in [0.05, 0.1) is 33.5 Å². The topological polar surface area (TPSA) is 35.6 Å². The molecule has 0 bridgehead atoms. The summed E-state index contributed by atoms with van der Waals surface area (Å²) >= 11 is 1.90. The highest BCUT2D eigenvalue weighted by molar-refractivity contribution is 7.27. The normalized spacial score (nSPS) is 11.9. The van der Waals surface area contributed by atoms with Gasteiger partial charge >= 0.3 is 0 Å². The van der Waals surface area contributed by atoms with Crippen molar-refractivity contribution in [3.8, 4) is 45.3 Å². The van der Waals surface area contributed by atoms with Gasteiger partial charge in [0, 0.05) is 69.8 Å². The average Bonchev–Trinajstić information content (AvgIpc) is 3.95. The molecule has 0 aliphatic heterocycles. The zero-order valence-electron chi connectivity index (χ0n) is 30.7. The minimum absolute atomic E-state index is 0.705.